The molecule has 220 valence electrons. The fourth-order valence-electron chi connectivity index (χ4n) is 3.14. The number of benzene rings is 2. The normalized spacial score (nSPS) is 15.6. The van der Waals surface area contributed by atoms with Gasteiger partial charge >= 0.3 is 217 Å². The van der Waals surface area contributed by atoms with Gasteiger partial charge in [-0.1, -0.05) is 0 Å². The van der Waals surface area contributed by atoms with Gasteiger partial charge in [0.25, 0.3) is 0 Å². The van der Waals surface area contributed by atoms with Crippen LogP contribution in [-0.2, 0) is 19.4 Å². The molecule has 2 unspecified atom stereocenters. The molecule has 0 spiro atoms. The number of rotatable bonds is 14. The van der Waals surface area contributed by atoms with Gasteiger partial charge in [-0.15, -0.1) is 0 Å². The van der Waals surface area contributed by atoms with Gasteiger partial charge in [0.2, 0.25) is 0 Å². The van der Waals surface area contributed by atoms with Crippen molar-refractivity contribution in [2.24, 2.45) is 0 Å². The fourth-order valence-corrected chi connectivity index (χ4v) is 12.0. The Morgan fingerprint density at radius 3 is 1.03 bits per heavy atom. The Kier molecular flexibility index (Phi) is 10.6. The Morgan fingerprint density at radius 1 is 0.487 bits per heavy atom. The molecular weight excluding hydrogens is 681 g/mol. The Labute approximate surface area is 216 Å². The maximum absolute atomic E-state index is 15.4. The molecule has 0 aliphatic carbocycles. The van der Waals surface area contributed by atoms with E-state index in [0.717, 1.165) is 24.3 Å². The summed E-state index contributed by atoms with van der Waals surface area (Å²) in [7, 11) is 0. The number of hydrogen-bond acceptors (Lipinski definition) is 2. The van der Waals surface area contributed by atoms with Crippen molar-refractivity contribution in [1.82, 2.24) is 0 Å². The van der Waals surface area contributed by atoms with Crippen LogP contribution in [-0.4, -0.2) is 64.1 Å². The van der Waals surface area contributed by atoms with Crippen LogP contribution in [0.1, 0.15) is 11.1 Å². The molecular formula is C22H18F14O2Sn. The Balaban J connectivity index is 2.78. The van der Waals surface area contributed by atoms with Crippen LogP contribution in [0.2, 0.25) is 0 Å². The van der Waals surface area contributed by atoms with Crippen LogP contribution >= 0.6 is 0 Å². The molecule has 0 aliphatic rings. The van der Waals surface area contributed by atoms with Gasteiger partial charge in [0.1, 0.15) is 0 Å². The standard InChI is InChI=1S/2C7H7O.2C4H2F7.Sn/c2*8-6-7-4-2-1-3-5-7;2*5-1-3(8,9)4(10,11)2(6)7;/h2*1-5H,6H2;2*1-2H;/q2*-1;;;+2. The van der Waals surface area contributed by atoms with E-state index in [0.29, 0.717) is 0 Å². The van der Waals surface area contributed by atoms with E-state index in [4.69, 9.17) is 0 Å². The van der Waals surface area contributed by atoms with Gasteiger partial charge in [0.05, 0.1) is 0 Å². The molecule has 0 amide bonds. The van der Waals surface area contributed by atoms with E-state index in [2.05, 4.69) is 6.15 Å². The zero-order valence-corrected chi connectivity index (χ0v) is 22.0. The van der Waals surface area contributed by atoms with Crippen molar-refractivity contribution in [2.45, 2.75) is 58.1 Å². The topological polar surface area (TPSA) is 18.5 Å². The monoisotopic (exact) mass is 700 g/mol. The van der Waals surface area contributed by atoms with Gasteiger partial charge in [-0.3, -0.25) is 0 Å². The van der Waals surface area contributed by atoms with E-state index in [1.54, 1.807) is 0 Å². The molecule has 2 nitrogen and oxygen atoms in total. The number of halogens is 14. The van der Waals surface area contributed by atoms with E-state index in [1.165, 1.54) is 36.4 Å². The van der Waals surface area contributed by atoms with Crippen molar-refractivity contribution in [1.29, 1.82) is 0 Å². The predicted molar refractivity (Wildman–Crippen MR) is 110 cm³/mol. The molecule has 39 heavy (non-hydrogen) atoms. The van der Waals surface area contributed by atoms with Crippen LogP contribution in [0.5, 0.6) is 0 Å². The molecule has 0 aliphatic heterocycles. The molecule has 0 saturated heterocycles. The first kappa shape index (κ1) is 33.4. The van der Waals surface area contributed by atoms with Gasteiger partial charge in [0, 0.05) is 0 Å². The molecule has 0 N–H and O–H groups in total. The Morgan fingerprint density at radius 2 is 0.769 bits per heavy atom. The molecule has 2 rings (SSSR count). The van der Waals surface area contributed by atoms with Crippen molar-refractivity contribution < 1.29 is 67.6 Å². The molecule has 2 aromatic rings. The third-order valence-corrected chi connectivity index (χ3v) is 14.9. The van der Waals surface area contributed by atoms with E-state index in [1.807, 2.05) is 0 Å². The number of alkyl halides is 14. The van der Waals surface area contributed by atoms with Crippen molar-refractivity contribution in [3.63, 3.8) is 0 Å². The van der Waals surface area contributed by atoms with E-state index < -0.39 is 77.3 Å². The predicted octanol–water partition coefficient (Wildman–Crippen LogP) is 7.69. The summed E-state index contributed by atoms with van der Waals surface area (Å²) >= 11 is -8.50. The van der Waals surface area contributed by atoms with Gasteiger partial charge < -0.3 is 0 Å². The molecule has 0 aromatic heterocycles. The molecule has 0 radical (unpaired) electrons. The third-order valence-electron chi connectivity index (χ3n) is 5.39. The molecule has 0 fully saturated rings. The summed E-state index contributed by atoms with van der Waals surface area (Å²) in [5.74, 6) is -26.8. The fraction of sp³-hybridized carbons (Fsp3) is 0.455. The van der Waals surface area contributed by atoms with Crippen LogP contribution in [0.15, 0.2) is 60.7 Å². The SMILES string of the molecule is FC(F)C(F)(F)C(F)(F)[CH](F)[Sn]([O]Cc1ccccc1)([O]Cc1ccccc1)[CH](F)C(F)(F)C(F)(F)C(F)F. The molecule has 2 atom stereocenters. The summed E-state index contributed by atoms with van der Waals surface area (Å²) < 4.78 is 194. The third kappa shape index (κ3) is 6.57. The van der Waals surface area contributed by atoms with Gasteiger partial charge in [-0.2, -0.15) is 0 Å². The van der Waals surface area contributed by atoms with Crippen molar-refractivity contribution in [3.8, 4) is 0 Å². The summed E-state index contributed by atoms with van der Waals surface area (Å²) in [4.78, 5) is 0. The van der Waals surface area contributed by atoms with E-state index in [9.17, 15) is 52.7 Å². The summed E-state index contributed by atoms with van der Waals surface area (Å²) in [6.45, 7) is -2.81. The molecule has 17 heteroatoms. The van der Waals surface area contributed by atoms with Gasteiger partial charge in [-0.25, -0.2) is 0 Å². The van der Waals surface area contributed by atoms with Crippen molar-refractivity contribution >= 4 is 19.2 Å². The molecule has 0 heterocycles. The molecule has 2 aromatic carbocycles. The second-order valence-electron chi connectivity index (χ2n) is 8.09. The van der Waals surface area contributed by atoms with Crippen LogP contribution in [0, 0.1) is 0 Å². The van der Waals surface area contributed by atoms with E-state index >= 15 is 8.78 Å². The quantitative estimate of drug-likeness (QED) is 0.149. The van der Waals surface area contributed by atoms with Crippen molar-refractivity contribution in [2.75, 3.05) is 0 Å². The second kappa shape index (κ2) is 12.4. The van der Waals surface area contributed by atoms with Crippen LogP contribution in [0.3, 0.4) is 0 Å². The average Bonchev–Trinajstić information content (AvgIpc) is 2.89. The Bertz CT molecular complexity index is 956. The zero-order chi connectivity index (χ0) is 29.9. The van der Waals surface area contributed by atoms with E-state index in [-0.39, 0.29) is 11.1 Å². The Hall–Kier alpha value is -1.82. The van der Waals surface area contributed by atoms with Crippen molar-refractivity contribution in [3.05, 3.63) is 71.8 Å². The molecule has 0 bridgehead atoms. The first-order chi connectivity index (χ1) is 17.9. The van der Waals surface area contributed by atoms with Crippen LogP contribution < -0.4 is 0 Å². The summed E-state index contributed by atoms with van der Waals surface area (Å²) in [6, 6.07) is 11.6. The minimum absolute atomic E-state index is 0.269. The average molecular weight is 699 g/mol. The van der Waals surface area contributed by atoms with Crippen LogP contribution in [0.25, 0.3) is 0 Å². The second-order valence-corrected chi connectivity index (χ2v) is 16.7. The zero-order valence-electron chi connectivity index (χ0n) is 19.1. The summed E-state index contributed by atoms with van der Waals surface area (Å²) in [5, 5.41) is 0. The van der Waals surface area contributed by atoms with Crippen LogP contribution in [0.4, 0.5) is 61.5 Å². The summed E-state index contributed by atoms with van der Waals surface area (Å²) in [5.41, 5.74) is -0.539. The first-order valence-electron chi connectivity index (χ1n) is 10.6. The minimum atomic E-state index is -8.50. The van der Waals surface area contributed by atoms with Gasteiger partial charge in [-0.05, 0) is 0 Å². The number of hydrogen-bond donors (Lipinski definition) is 0. The summed E-state index contributed by atoms with van der Waals surface area (Å²) in [6.07, 6.45) is -10.7. The maximum atomic E-state index is 15.4. The molecule has 0 saturated carbocycles. The first-order valence-corrected chi connectivity index (χ1v) is 16.2. The van der Waals surface area contributed by atoms with Gasteiger partial charge in [0.15, 0.2) is 0 Å².